The summed E-state index contributed by atoms with van der Waals surface area (Å²) in [5.41, 5.74) is 1.85. The van der Waals surface area contributed by atoms with Crippen molar-refractivity contribution in [2.24, 2.45) is 0 Å². The van der Waals surface area contributed by atoms with E-state index in [2.05, 4.69) is 14.8 Å². The Morgan fingerprint density at radius 1 is 0.967 bits per heavy atom. The second-order valence-corrected chi connectivity index (χ2v) is 10.3. The predicted molar refractivity (Wildman–Crippen MR) is 116 cm³/mol. The van der Waals surface area contributed by atoms with Crippen LogP contribution in [0.5, 0.6) is 0 Å². The van der Waals surface area contributed by atoms with Gasteiger partial charge in [-0.2, -0.15) is 0 Å². The molecule has 0 fully saturated rings. The van der Waals surface area contributed by atoms with E-state index in [0.29, 0.717) is 12.1 Å². The van der Waals surface area contributed by atoms with Crippen LogP contribution in [0.15, 0.2) is 41.3 Å². The smallest absolute Gasteiger partial charge is 0.293 e. The highest BCUT2D eigenvalue weighted by Gasteiger charge is 2.22. The lowest BCUT2D eigenvalue weighted by atomic mass is 10.1. The number of nitro benzene ring substituents is 1. The standard InChI is InChI=1S/C18H24N4O6S2/c1-13-5-7-16(14(2)11-13)21-30(27,28)15-6-8-17(18(12-15)22(23)24)19-9-4-10-20-29(3,25)26/h5-8,11-12,19-21H,4,9-10H2,1-3H3. The zero-order valence-electron chi connectivity index (χ0n) is 16.8. The molecule has 10 nitrogen and oxygen atoms in total. The molecular formula is C18H24N4O6S2. The fourth-order valence-electron chi connectivity index (χ4n) is 2.68. The summed E-state index contributed by atoms with van der Waals surface area (Å²) < 4.78 is 52.2. The van der Waals surface area contributed by atoms with Crippen LogP contribution in [0.25, 0.3) is 0 Å². The molecule has 0 aliphatic heterocycles. The molecule has 0 saturated carbocycles. The number of sulfonamides is 2. The second kappa shape index (κ2) is 9.41. The number of benzene rings is 2. The number of nitrogens with one attached hydrogen (secondary N) is 3. The van der Waals surface area contributed by atoms with Crippen molar-refractivity contribution in [3.05, 3.63) is 57.6 Å². The van der Waals surface area contributed by atoms with Gasteiger partial charge in [-0.15, -0.1) is 0 Å². The van der Waals surface area contributed by atoms with Gasteiger partial charge in [-0.25, -0.2) is 21.6 Å². The summed E-state index contributed by atoms with van der Waals surface area (Å²) in [5, 5.41) is 14.3. The third-order valence-corrected chi connectivity index (χ3v) is 6.23. The van der Waals surface area contributed by atoms with Gasteiger partial charge in [0.05, 0.1) is 21.8 Å². The average Bonchev–Trinajstić information content (AvgIpc) is 2.62. The van der Waals surface area contributed by atoms with E-state index in [1.807, 2.05) is 13.0 Å². The van der Waals surface area contributed by atoms with Crippen LogP contribution in [0.1, 0.15) is 17.5 Å². The Balaban J connectivity index is 2.17. The van der Waals surface area contributed by atoms with Crippen LogP contribution < -0.4 is 14.8 Å². The maximum atomic E-state index is 12.7. The predicted octanol–water partition coefficient (Wildman–Crippen LogP) is 2.36. The first-order valence-electron chi connectivity index (χ1n) is 8.96. The molecule has 0 heterocycles. The van der Waals surface area contributed by atoms with Gasteiger partial charge in [0.2, 0.25) is 10.0 Å². The van der Waals surface area contributed by atoms with Gasteiger partial charge in [0.1, 0.15) is 5.69 Å². The Hall–Kier alpha value is -2.70. The molecule has 0 atom stereocenters. The molecular weight excluding hydrogens is 432 g/mol. The molecule has 2 aromatic carbocycles. The van der Waals surface area contributed by atoms with Crippen LogP contribution in [0, 0.1) is 24.0 Å². The Bertz CT molecular complexity index is 1150. The Kier molecular flexibility index (Phi) is 7.39. The quantitative estimate of drug-likeness (QED) is 0.282. The highest BCUT2D eigenvalue weighted by atomic mass is 32.2. The lowest BCUT2D eigenvalue weighted by Gasteiger charge is -2.12. The normalized spacial score (nSPS) is 11.8. The lowest BCUT2D eigenvalue weighted by Crippen LogP contribution is -2.24. The highest BCUT2D eigenvalue weighted by Crippen LogP contribution is 2.29. The fraction of sp³-hybridized carbons (Fsp3) is 0.333. The highest BCUT2D eigenvalue weighted by molar-refractivity contribution is 7.92. The number of nitro groups is 1. The maximum absolute atomic E-state index is 12.7. The second-order valence-electron chi connectivity index (χ2n) is 6.81. The van der Waals surface area contributed by atoms with Crippen LogP contribution in [0.3, 0.4) is 0 Å². The maximum Gasteiger partial charge on any atom is 0.293 e. The van der Waals surface area contributed by atoms with Crippen molar-refractivity contribution >= 4 is 37.1 Å². The Morgan fingerprint density at radius 3 is 2.23 bits per heavy atom. The van der Waals surface area contributed by atoms with Crippen molar-refractivity contribution in [3.63, 3.8) is 0 Å². The molecule has 0 aliphatic carbocycles. The molecule has 0 radical (unpaired) electrons. The molecule has 164 valence electrons. The van der Waals surface area contributed by atoms with E-state index in [9.17, 15) is 26.9 Å². The van der Waals surface area contributed by atoms with Gasteiger partial charge in [-0.05, 0) is 44.0 Å². The summed E-state index contributed by atoms with van der Waals surface area (Å²) in [7, 11) is -7.33. The minimum Gasteiger partial charge on any atom is -0.379 e. The largest absolute Gasteiger partial charge is 0.379 e. The third-order valence-electron chi connectivity index (χ3n) is 4.14. The number of anilines is 2. The zero-order chi connectivity index (χ0) is 22.5. The molecule has 0 bridgehead atoms. The van der Waals surface area contributed by atoms with E-state index in [1.54, 1.807) is 19.1 Å². The summed E-state index contributed by atoms with van der Waals surface area (Å²) in [4.78, 5) is 10.5. The molecule has 0 unspecified atom stereocenters. The van der Waals surface area contributed by atoms with Crippen molar-refractivity contribution in [3.8, 4) is 0 Å². The van der Waals surface area contributed by atoms with Crippen LogP contribution in [-0.4, -0.2) is 41.1 Å². The molecule has 0 aliphatic rings. The summed E-state index contributed by atoms with van der Waals surface area (Å²) in [6.07, 6.45) is 1.43. The number of hydrogen-bond acceptors (Lipinski definition) is 7. The third kappa shape index (κ3) is 6.68. The number of nitrogens with zero attached hydrogens (tertiary/aromatic N) is 1. The van der Waals surface area contributed by atoms with Crippen LogP contribution in [0.2, 0.25) is 0 Å². The molecule has 0 amide bonds. The molecule has 0 spiro atoms. The van der Waals surface area contributed by atoms with Crippen molar-refractivity contribution in [1.82, 2.24) is 4.72 Å². The monoisotopic (exact) mass is 456 g/mol. The number of rotatable bonds is 10. The van der Waals surface area contributed by atoms with E-state index in [4.69, 9.17) is 0 Å². The Morgan fingerprint density at radius 2 is 1.63 bits per heavy atom. The minimum atomic E-state index is -4.03. The molecule has 0 aromatic heterocycles. The van der Waals surface area contributed by atoms with Gasteiger partial charge < -0.3 is 5.32 Å². The number of hydrogen-bond donors (Lipinski definition) is 3. The summed E-state index contributed by atoms with van der Waals surface area (Å²) in [5.74, 6) is 0. The topological polar surface area (TPSA) is 148 Å². The zero-order valence-corrected chi connectivity index (χ0v) is 18.4. The van der Waals surface area contributed by atoms with E-state index in [0.717, 1.165) is 23.4 Å². The molecule has 2 rings (SSSR count). The van der Waals surface area contributed by atoms with Gasteiger partial charge in [-0.3, -0.25) is 14.8 Å². The minimum absolute atomic E-state index is 0.143. The van der Waals surface area contributed by atoms with Crippen molar-refractivity contribution in [2.75, 3.05) is 29.4 Å². The first-order valence-corrected chi connectivity index (χ1v) is 12.3. The van der Waals surface area contributed by atoms with Crippen molar-refractivity contribution in [2.45, 2.75) is 25.2 Å². The van der Waals surface area contributed by atoms with Crippen molar-refractivity contribution in [1.29, 1.82) is 0 Å². The molecule has 0 saturated heterocycles. The van der Waals surface area contributed by atoms with E-state index in [-0.39, 0.29) is 23.7 Å². The van der Waals surface area contributed by atoms with E-state index in [1.165, 1.54) is 12.1 Å². The first-order chi connectivity index (χ1) is 13.9. The van der Waals surface area contributed by atoms with Gasteiger partial charge in [-0.1, -0.05) is 17.7 Å². The van der Waals surface area contributed by atoms with Crippen LogP contribution >= 0.6 is 0 Å². The first kappa shape index (κ1) is 23.6. The van der Waals surface area contributed by atoms with Crippen LogP contribution in [-0.2, 0) is 20.0 Å². The van der Waals surface area contributed by atoms with E-state index < -0.39 is 30.7 Å². The van der Waals surface area contributed by atoms with Gasteiger partial charge in [0, 0.05) is 19.2 Å². The Labute approximate surface area is 176 Å². The summed E-state index contributed by atoms with van der Waals surface area (Å²) >= 11 is 0. The van der Waals surface area contributed by atoms with E-state index >= 15 is 0 Å². The number of aryl methyl sites for hydroxylation is 2. The average molecular weight is 457 g/mol. The summed E-state index contributed by atoms with van der Waals surface area (Å²) in [6.45, 7) is 4.08. The molecule has 30 heavy (non-hydrogen) atoms. The molecule has 3 N–H and O–H groups in total. The summed E-state index contributed by atoms with van der Waals surface area (Å²) in [6, 6.07) is 8.81. The van der Waals surface area contributed by atoms with Gasteiger partial charge in [0.15, 0.2) is 0 Å². The van der Waals surface area contributed by atoms with Crippen LogP contribution in [0.4, 0.5) is 17.1 Å². The molecule has 2 aromatic rings. The van der Waals surface area contributed by atoms with Gasteiger partial charge >= 0.3 is 0 Å². The molecule has 12 heteroatoms. The SMILES string of the molecule is Cc1ccc(NS(=O)(=O)c2ccc(NCCCNS(C)(=O)=O)c([N+](=O)[O-])c2)c(C)c1. The van der Waals surface area contributed by atoms with Gasteiger partial charge in [0.25, 0.3) is 15.7 Å². The lowest BCUT2D eigenvalue weighted by molar-refractivity contribution is -0.384. The fourth-order valence-corrected chi connectivity index (χ4v) is 4.35. The van der Waals surface area contributed by atoms with Crippen molar-refractivity contribution < 1.29 is 21.8 Å².